The molecule has 3 N–H and O–H groups in total. The molecule has 0 atom stereocenters. The first kappa shape index (κ1) is 20.7. The molecule has 2 heterocycles. The molecule has 0 bridgehead atoms. The van der Waals surface area contributed by atoms with Crippen LogP contribution in [0, 0.1) is 6.92 Å². The number of aromatic nitrogens is 3. The average Bonchev–Trinajstić information content (AvgIpc) is 3.06. The van der Waals surface area contributed by atoms with Gasteiger partial charge in [0.15, 0.2) is 5.65 Å². The Morgan fingerprint density at radius 2 is 1.79 bits per heavy atom. The van der Waals surface area contributed by atoms with Gasteiger partial charge in [0.25, 0.3) is 5.91 Å². The van der Waals surface area contributed by atoms with E-state index >= 15 is 0 Å². The third kappa shape index (κ3) is 4.02. The molecule has 5 rings (SSSR count). The summed E-state index contributed by atoms with van der Waals surface area (Å²) >= 11 is 6.08. The average molecular weight is 455 g/mol. The van der Waals surface area contributed by atoms with Crippen LogP contribution in [0.1, 0.15) is 21.5 Å². The van der Waals surface area contributed by atoms with Crippen molar-refractivity contribution in [2.75, 3.05) is 11.1 Å². The predicted octanol–water partition coefficient (Wildman–Crippen LogP) is 5.26. The summed E-state index contributed by atoms with van der Waals surface area (Å²) in [5, 5.41) is 8.00. The van der Waals surface area contributed by atoms with Crippen LogP contribution >= 0.6 is 11.6 Å². The Bertz CT molecular complexity index is 1560. The van der Waals surface area contributed by atoms with Crippen LogP contribution in [0.25, 0.3) is 22.2 Å². The Labute approximate surface area is 194 Å². The fourth-order valence-corrected chi connectivity index (χ4v) is 3.81. The predicted molar refractivity (Wildman–Crippen MR) is 133 cm³/mol. The summed E-state index contributed by atoms with van der Waals surface area (Å²) in [6.45, 7) is 1.96. The molecule has 2 aromatic heterocycles. The number of nitrogens with one attached hydrogen (secondary N) is 1. The number of hydrogen-bond acceptors (Lipinski definition) is 5. The summed E-state index contributed by atoms with van der Waals surface area (Å²) in [5.41, 5.74) is 11.2. The maximum Gasteiger partial charge on any atom is 0.261 e. The van der Waals surface area contributed by atoms with Crippen molar-refractivity contribution in [2.24, 2.45) is 5.10 Å². The first-order valence-electron chi connectivity index (χ1n) is 10.2. The van der Waals surface area contributed by atoms with Crippen LogP contribution in [-0.4, -0.2) is 26.8 Å². The number of nitrogen functional groups attached to an aromatic ring is 1. The quantitative estimate of drug-likeness (QED) is 0.362. The summed E-state index contributed by atoms with van der Waals surface area (Å²) in [5.74, 6) is -0.242. The Balaban J connectivity index is 1.67. The highest BCUT2D eigenvalue weighted by Gasteiger charge is 2.24. The minimum absolute atomic E-state index is 0.142. The van der Waals surface area contributed by atoms with Crippen LogP contribution in [0.5, 0.6) is 0 Å². The lowest BCUT2D eigenvalue weighted by Crippen LogP contribution is -2.14. The van der Waals surface area contributed by atoms with Gasteiger partial charge in [-0.05, 0) is 54.4 Å². The number of aryl methyl sites for hydroxylation is 1. The normalized spacial score (nSPS) is 11.5. The molecule has 3 aromatic carbocycles. The number of amides is 1. The van der Waals surface area contributed by atoms with E-state index in [1.54, 1.807) is 18.3 Å². The minimum atomic E-state index is -0.385. The summed E-state index contributed by atoms with van der Waals surface area (Å²) in [6.07, 6.45) is 1.61. The third-order valence-corrected chi connectivity index (χ3v) is 5.38. The molecule has 5 aromatic rings. The molecule has 0 saturated heterocycles. The molecule has 162 valence electrons. The van der Waals surface area contributed by atoms with E-state index in [-0.39, 0.29) is 17.3 Å². The van der Waals surface area contributed by atoms with Gasteiger partial charge in [-0.3, -0.25) is 4.79 Å². The molecule has 0 radical (unpaired) electrons. The van der Waals surface area contributed by atoms with Crippen molar-refractivity contribution in [3.8, 4) is 0 Å². The smallest absolute Gasteiger partial charge is 0.261 e. The van der Waals surface area contributed by atoms with Crippen molar-refractivity contribution in [3.63, 3.8) is 0 Å². The standard InChI is InChI=1S/C25H19ClN6O/c1-15-6-4-9-18(12-15)29-25(33)21-22-24(31-20-11-3-2-10-19(20)30-22)32(23(21)27)28-14-16-7-5-8-17(26)13-16/h2-14H,27H2,1H3,(H,29,33). The number of nitrogens with two attached hydrogens (primary N) is 1. The first-order valence-corrected chi connectivity index (χ1v) is 10.6. The number of halogens is 1. The molecule has 8 heteroatoms. The first-order chi connectivity index (χ1) is 16.0. The number of carbonyl (C=O) groups is 1. The Morgan fingerprint density at radius 3 is 2.55 bits per heavy atom. The monoisotopic (exact) mass is 454 g/mol. The Hall–Kier alpha value is -4.23. The van der Waals surface area contributed by atoms with E-state index in [4.69, 9.17) is 22.3 Å². The van der Waals surface area contributed by atoms with Crippen molar-refractivity contribution in [2.45, 2.75) is 6.92 Å². The van der Waals surface area contributed by atoms with Gasteiger partial charge in [-0.25, -0.2) is 9.97 Å². The second-order valence-electron chi connectivity index (χ2n) is 7.58. The largest absolute Gasteiger partial charge is 0.383 e. The minimum Gasteiger partial charge on any atom is -0.383 e. The molecular weight excluding hydrogens is 436 g/mol. The Kier molecular flexibility index (Phi) is 5.24. The zero-order valence-electron chi connectivity index (χ0n) is 17.7. The molecule has 1 amide bonds. The highest BCUT2D eigenvalue weighted by molar-refractivity contribution is 6.30. The van der Waals surface area contributed by atoms with Crippen molar-refractivity contribution in [1.29, 1.82) is 0 Å². The van der Waals surface area contributed by atoms with Gasteiger partial charge in [-0.1, -0.05) is 48.0 Å². The van der Waals surface area contributed by atoms with E-state index in [9.17, 15) is 4.79 Å². The number of fused-ring (bicyclic) bond motifs is 2. The molecule has 0 aliphatic rings. The second kappa shape index (κ2) is 8.37. The third-order valence-electron chi connectivity index (χ3n) is 5.15. The number of rotatable bonds is 4. The van der Waals surface area contributed by atoms with E-state index in [0.717, 1.165) is 11.1 Å². The van der Waals surface area contributed by atoms with E-state index < -0.39 is 0 Å². The topological polar surface area (TPSA) is 98.2 Å². The number of carbonyl (C=O) groups excluding carboxylic acids is 1. The van der Waals surface area contributed by atoms with E-state index in [1.807, 2.05) is 67.6 Å². The number of anilines is 2. The van der Waals surface area contributed by atoms with Gasteiger partial charge in [0.05, 0.1) is 17.2 Å². The maximum absolute atomic E-state index is 13.3. The van der Waals surface area contributed by atoms with Crippen LogP contribution in [0.4, 0.5) is 11.5 Å². The zero-order valence-corrected chi connectivity index (χ0v) is 18.4. The van der Waals surface area contributed by atoms with Crippen molar-refractivity contribution in [3.05, 3.63) is 94.5 Å². The fraction of sp³-hybridized carbons (Fsp3) is 0.0400. The van der Waals surface area contributed by atoms with Crippen molar-refractivity contribution >= 4 is 57.4 Å². The van der Waals surface area contributed by atoms with Gasteiger partial charge in [0, 0.05) is 10.7 Å². The lowest BCUT2D eigenvalue weighted by atomic mass is 10.2. The number of nitrogens with zero attached hydrogens (tertiary/aromatic N) is 4. The molecule has 0 aliphatic heterocycles. The van der Waals surface area contributed by atoms with Gasteiger partial charge >= 0.3 is 0 Å². The molecule has 0 saturated carbocycles. The summed E-state index contributed by atoms with van der Waals surface area (Å²) in [4.78, 5) is 22.7. The van der Waals surface area contributed by atoms with Gasteiger partial charge < -0.3 is 11.1 Å². The van der Waals surface area contributed by atoms with Gasteiger partial charge in [-0.15, -0.1) is 0 Å². The lowest BCUT2D eigenvalue weighted by molar-refractivity contribution is 0.102. The molecule has 7 nitrogen and oxygen atoms in total. The van der Waals surface area contributed by atoms with Crippen LogP contribution in [0.3, 0.4) is 0 Å². The second-order valence-corrected chi connectivity index (χ2v) is 8.02. The van der Waals surface area contributed by atoms with Crippen molar-refractivity contribution < 1.29 is 4.79 Å². The van der Waals surface area contributed by atoms with Crippen molar-refractivity contribution in [1.82, 2.24) is 14.6 Å². The fourth-order valence-electron chi connectivity index (χ4n) is 3.62. The zero-order chi connectivity index (χ0) is 22.9. The molecule has 0 unspecified atom stereocenters. The highest BCUT2D eigenvalue weighted by Crippen LogP contribution is 2.29. The van der Waals surface area contributed by atoms with E-state index in [1.165, 1.54) is 4.68 Å². The summed E-state index contributed by atoms with van der Waals surface area (Å²) in [7, 11) is 0. The van der Waals surface area contributed by atoms with E-state index in [0.29, 0.717) is 32.9 Å². The molecule has 33 heavy (non-hydrogen) atoms. The van der Waals surface area contributed by atoms with Crippen LogP contribution in [-0.2, 0) is 0 Å². The number of benzene rings is 3. The van der Waals surface area contributed by atoms with Crippen LogP contribution < -0.4 is 11.1 Å². The number of hydrogen-bond donors (Lipinski definition) is 2. The van der Waals surface area contributed by atoms with Gasteiger partial charge in [0.2, 0.25) is 0 Å². The van der Waals surface area contributed by atoms with Crippen LogP contribution in [0.2, 0.25) is 5.02 Å². The highest BCUT2D eigenvalue weighted by atomic mass is 35.5. The van der Waals surface area contributed by atoms with Gasteiger partial charge in [0.1, 0.15) is 16.9 Å². The van der Waals surface area contributed by atoms with E-state index in [2.05, 4.69) is 15.4 Å². The Morgan fingerprint density at radius 1 is 1.03 bits per heavy atom. The molecular formula is C25H19ClN6O. The molecule has 0 fully saturated rings. The molecule has 0 aliphatic carbocycles. The molecule has 0 spiro atoms. The number of para-hydroxylation sites is 2. The maximum atomic E-state index is 13.3. The summed E-state index contributed by atoms with van der Waals surface area (Å²) < 4.78 is 1.43. The summed E-state index contributed by atoms with van der Waals surface area (Å²) in [6, 6.07) is 22.2. The van der Waals surface area contributed by atoms with Crippen LogP contribution in [0.15, 0.2) is 77.9 Å². The van der Waals surface area contributed by atoms with Gasteiger partial charge in [-0.2, -0.15) is 9.78 Å². The SMILES string of the molecule is Cc1cccc(NC(=O)c2c(N)n(N=Cc3cccc(Cl)c3)c3nc4ccccc4nc23)c1. The lowest BCUT2D eigenvalue weighted by Gasteiger charge is -2.06.